The summed E-state index contributed by atoms with van der Waals surface area (Å²) in [7, 11) is -8.70. The molecule has 8 rings (SSSR count). The van der Waals surface area contributed by atoms with Gasteiger partial charge in [0.1, 0.15) is 11.6 Å². The van der Waals surface area contributed by atoms with Crippen molar-refractivity contribution in [3.63, 3.8) is 0 Å². The number of nitrogens with zero attached hydrogens (tertiary/aromatic N) is 4. The molecule has 0 amide bonds. The van der Waals surface area contributed by atoms with Crippen molar-refractivity contribution in [3.8, 4) is 0 Å². The standard InChI is InChI=1S/C31H39N3O3SSi.C16H21N3O4S/c1-22(2)29-30-33-26-19-23(28(38(6,35)36)20-27(26)34(30)18-17-32-29)21-37-39(31(3,4)5,24-13-9-7-10-14-24)25-15-11-8-12-16-25;1-9(2)14-15-18-11-7-10(16(20)23-3)13(24(4,21)22)8-12(11)19(15)6-5-17-14/h7-16,19-20,22,29,32H,17-18,21H2,1-6H3;7-9,14,17H,5-6H2,1-4H3. The molecule has 63 heavy (non-hydrogen) atoms. The Kier molecular flexibility index (Phi) is 13.0. The van der Waals surface area contributed by atoms with Gasteiger partial charge in [0.15, 0.2) is 19.7 Å². The van der Waals surface area contributed by atoms with Crippen LogP contribution in [0.3, 0.4) is 0 Å². The molecule has 2 atom stereocenters. The Hall–Kier alpha value is -4.71. The van der Waals surface area contributed by atoms with Crippen LogP contribution in [0.15, 0.2) is 94.7 Å². The van der Waals surface area contributed by atoms with Crippen molar-refractivity contribution >= 4 is 66.4 Å². The zero-order chi connectivity index (χ0) is 45.6. The Morgan fingerprint density at radius 1 is 0.730 bits per heavy atom. The number of hydrogen-bond donors (Lipinski definition) is 2. The molecule has 2 aliphatic heterocycles. The second-order valence-corrected chi connectivity index (χ2v) is 26.6. The summed E-state index contributed by atoms with van der Waals surface area (Å²) in [5, 5.41) is 9.12. The van der Waals surface area contributed by atoms with E-state index in [1.807, 2.05) is 28.8 Å². The average molecular weight is 913 g/mol. The third kappa shape index (κ3) is 8.90. The molecule has 336 valence electrons. The molecular formula is C47H60N6O7S2Si. The van der Waals surface area contributed by atoms with Crippen LogP contribution in [0.4, 0.5) is 0 Å². The van der Waals surface area contributed by atoms with E-state index in [0.29, 0.717) is 34.4 Å². The molecule has 2 aromatic heterocycles. The molecule has 0 fully saturated rings. The van der Waals surface area contributed by atoms with Crippen LogP contribution in [0.1, 0.15) is 88.1 Å². The first-order valence-corrected chi connectivity index (χ1v) is 27.1. The van der Waals surface area contributed by atoms with Crippen molar-refractivity contribution in [1.82, 2.24) is 29.7 Å². The molecule has 4 heterocycles. The molecule has 2 unspecified atom stereocenters. The summed E-state index contributed by atoms with van der Waals surface area (Å²) in [6, 6.07) is 27.9. The maximum absolute atomic E-state index is 13.1. The fourth-order valence-corrected chi connectivity index (χ4v) is 15.5. The van der Waals surface area contributed by atoms with Crippen molar-refractivity contribution in [1.29, 1.82) is 0 Å². The molecule has 0 radical (unpaired) electrons. The first kappa shape index (κ1) is 46.3. The minimum atomic E-state index is -3.57. The van der Waals surface area contributed by atoms with Crippen LogP contribution in [0.5, 0.6) is 0 Å². The van der Waals surface area contributed by atoms with Crippen LogP contribution < -0.4 is 21.0 Å². The van der Waals surface area contributed by atoms with Crippen LogP contribution in [0, 0.1) is 11.8 Å². The Bertz CT molecular complexity index is 2830. The van der Waals surface area contributed by atoms with E-state index in [2.05, 4.69) is 117 Å². The average Bonchev–Trinajstić information content (AvgIpc) is 3.80. The van der Waals surface area contributed by atoms with Crippen LogP contribution >= 0.6 is 0 Å². The van der Waals surface area contributed by atoms with E-state index in [0.717, 1.165) is 64.5 Å². The van der Waals surface area contributed by atoms with E-state index in [1.165, 1.54) is 25.5 Å². The lowest BCUT2D eigenvalue weighted by molar-refractivity contribution is 0.0596. The van der Waals surface area contributed by atoms with Crippen LogP contribution in [0.25, 0.3) is 22.1 Å². The van der Waals surface area contributed by atoms with Gasteiger partial charge in [-0.25, -0.2) is 31.6 Å². The van der Waals surface area contributed by atoms with E-state index in [1.54, 1.807) is 0 Å². The predicted octanol–water partition coefficient (Wildman–Crippen LogP) is 6.34. The summed E-state index contributed by atoms with van der Waals surface area (Å²) in [5.74, 6) is 1.87. The number of sulfone groups is 2. The largest absolute Gasteiger partial charge is 0.465 e. The van der Waals surface area contributed by atoms with Gasteiger partial charge < -0.3 is 28.9 Å². The topological polar surface area (TPSA) is 164 Å². The second kappa shape index (κ2) is 17.7. The summed E-state index contributed by atoms with van der Waals surface area (Å²) in [6.07, 6.45) is 2.37. The number of carbonyl (C=O) groups is 1. The number of hydrogen-bond acceptors (Lipinski definition) is 11. The summed E-state index contributed by atoms with van der Waals surface area (Å²) < 4.78 is 66.6. The monoisotopic (exact) mass is 912 g/mol. The molecule has 16 heteroatoms. The smallest absolute Gasteiger partial charge is 0.339 e. The number of imidazole rings is 2. The van der Waals surface area contributed by atoms with Crippen molar-refractivity contribution in [3.05, 3.63) is 108 Å². The normalized spacial score (nSPS) is 17.1. The van der Waals surface area contributed by atoms with Crippen molar-refractivity contribution in [2.24, 2.45) is 11.8 Å². The predicted molar refractivity (Wildman–Crippen MR) is 251 cm³/mol. The minimum Gasteiger partial charge on any atom is -0.465 e. The molecule has 0 bridgehead atoms. The number of carbonyl (C=O) groups excluding carboxylic acids is 1. The highest BCUT2D eigenvalue weighted by molar-refractivity contribution is 7.91. The highest BCUT2D eigenvalue weighted by Gasteiger charge is 2.50. The summed E-state index contributed by atoms with van der Waals surface area (Å²) in [6.45, 7) is 18.5. The Morgan fingerprint density at radius 3 is 1.59 bits per heavy atom. The number of aromatic nitrogens is 4. The number of ether oxygens (including phenoxy) is 1. The fourth-order valence-electron chi connectivity index (χ4n) is 9.23. The fraction of sp³-hybridized carbons (Fsp3) is 0.426. The number of methoxy groups -OCH3 is 1. The summed E-state index contributed by atoms with van der Waals surface area (Å²) in [5.41, 5.74) is 3.69. The second-order valence-electron chi connectivity index (χ2n) is 18.4. The Balaban J connectivity index is 0.000000212. The molecule has 6 aromatic rings. The lowest BCUT2D eigenvalue weighted by Crippen LogP contribution is -2.66. The first-order valence-electron chi connectivity index (χ1n) is 21.4. The third-order valence-electron chi connectivity index (χ3n) is 12.2. The molecular weight excluding hydrogens is 853 g/mol. The van der Waals surface area contributed by atoms with E-state index < -0.39 is 34.0 Å². The quantitative estimate of drug-likeness (QED) is 0.116. The third-order valence-corrected chi connectivity index (χ3v) is 19.5. The van der Waals surface area contributed by atoms with Gasteiger partial charge in [0.2, 0.25) is 0 Å². The van der Waals surface area contributed by atoms with Gasteiger partial charge in [0, 0.05) is 38.7 Å². The van der Waals surface area contributed by atoms with Gasteiger partial charge in [-0.05, 0) is 57.1 Å². The molecule has 2 aliphatic rings. The first-order chi connectivity index (χ1) is 29.7. The van der Waals surface area contributed by atoms with Gasteiger partial charge in [-0.15, -0.1) is 0 Å². The molecule has 0 aliphatic carbocycles. The zero-order valence-electron chi connectivity index (χ0n) is 37.9. The van der Waals surface area contributed by atoms with E-state index in [4.69, 9.17) is 14.1 Å². The highest BCUT2D eigenvalue weighted by Crippen LogP contribution is 2.39. The van der Waals surface area contributed by atoms with Crippen molar-refractivity contribution in [2.45, 2.75) is 95.1 Å². The number of rotatable bonds is 10. The Labute approximate surface area is 372 Å². The number of fused-ring (bicyclic) bond motifs is 6. The minimum absolute atomic E-state index is 0.0239. The molecule has 0 spiro atoms. The molecule has 4 aromatic carbocycles. The maximum Gasteiger partial charge on any atom is 0.339 e. The van der Waals surface area contributed by atoms with Crippen molar-refractivity contribution < 1.29 is 30.8 Å². The van der Waals surface area contributed by atoms with Crippen LogP contribution in [-0.2, 0) is 48.5 Å². The van der Waals surface area contributed by atoms with E-state index >= 15 is 0 Å². The van der Waals surface area contributed by atoms with Crippen LogP contribution in [-0.4, -0.2) is 82.9 Å². The lowest BCUT2D eigenvalue weighted by Gasteiger charge is -2.43. The van der Waals surface area contributed by atoms with Gasteiger partial charge in [-0.2, -0.15) is 0 Å². The number of nitrogens with one attached hydrogen (secondary N) is 2. The van der Waals surface area contributed by atoms with Gasteiger partial charge in [0.25, 0.3) is 8.32 Å². The SMILES string of the molecule is CC(C)C1NCCn2c1nc1cc(CO[Si](c3ccccc3)(c3ccccc3)C(C)(C)C)c(S(C)(=O)=O)cc12.COC(=O)c1cc2nc3n(c2cc1S(C)(=O)=O)CCNC3C(C)C. The lowest BCUT2D eigenvalue weighted by atomic mass is 10.0. The van der Waals surface area contributed by atoms with Gasteiger partial charge in [0.05, 0.1) is 63.2 Å². The number of esters is 1. The number of benzene rings is 4. The summed E-state index contributed by atoms with van der Waals surface area (Å²) >= 11 is 0. The van der Waals surface area contributed by atoms with Gasteiger partial charge in [-0.1, -0.05) is 109 Å². The Morgan fingerprint density at radius 2 is 1.17 bits per heavy atom. The van der Waals surface area contributed by atoms with E-state index in [9.17, 15) is 21.6 Å². The zero-order valence-corrected chi connectivity index (χ0v) is 40.5. The summed E-state index contributed by atoms with van der Waals surface area (Å²) in [4.78, 5) is 22.0. The van der Waals surface area contributed by atoms with E-state index in [-0.39, 0.29) is 34.2 Å². The van der Waals surface area contributed by atoms with Gasteiger partial charge in [-0.3, -0.25) is 0 Å². The highest BCUT2D eigenvalue weighted by atomic mass is 32.2. The van der Waals surface area contributed by atoms with Gasteiger partial charge >= 0.3 is 5.97 Å². The molecule has 13 nitrogen and oxygen atoms in total. The molecule has 2 N–H and O–H groups in total. The van der Waals surface area contributed by atoms with Crippen molar-refractivity contribution in [2.75, 3.05) is 32.7 Å². The molecule has 0 saturated heterocycles. The molecule has 0 saturated carbocycles. The maximum atomic E-state index is 13.1. The van der Waals surface area contributed by atoms with Crippen LogP contribution in [0.2, 0.25) is 5.04 Å².